The Balaban J connectivity index is 2.02. The van der Waals surface area contributed by atoms with Gasteiger partial charge in [0.1, 0.15) is 0 Å². The van der Waals surface area contributed by atoms with Gasteiger partial charge in [0.2, 0.25) is 0 Å². The summed E-state index contributed by atoms with van der Waals surface area (Å²) in [4.78, 5) is 2.29. The molecule has 106 valence electrons. The minimum absolute atomic E-state index is 0.392. The highest BCUT2D eigenvalue weighted by molar-refractivity contribution is 7.90. The van der Waals surface area contributed by atoms with Crippen LogP contribution in [0.3, 0.4) is 0 Å². The molecule has 19 heavy (non-hydrogen) atoms. The summed E-state index contributed by atoms with van der Waals surface area (Å²) in [5, 5.41) is 8.37. The number of likely N-dealkylation sites (tertiary alicyclic amines) is 1. The number of piperidine rings is 1. The Labute approximate surface area is 114 Å². The van der Waals surface area contributed by atoms with Crippen LogP contribution in [0.25, 0.3) is 0 Å². The van der Waals surface area contributed by atoms with Crippen LogP contribution in [0.15, 0.2) is 24.3 Å². The van der Waals surface area contributed by atoms with Crippen LogP contribution in [0.1, 0.15) is 12.8 Å². The molecule has 1 aromatic carbocycles. The third-order valence-corrected chi connectivity index (χ3v) is 3.64. The molecule has 0 spiro atoms. The topological polar surface area (TPSA) is 87.5 Å². The molecule has 1 aromatic rings. The lowest BCUT2D eigenvalue weighted by Crippen LogP contribution is -2.39. The molecule has 2 rings (SSSR count). The van der Waals surface area contributed by atoms with Crippen molar-refractivity contribution in [3.8, 4) is 0 Å². The molecular formula is C12H20N4O2S. The fraction of sp³-hybridized carbons (Fsp3) is 0.500. The van der Waals surface area contributed by atoms with E-state index in [0.717, 1.165) is 25.2 Å². The molecule has 1 aliphatic heterocycles. The quantitative estimate of drug-likeness (QED) is 0.763. The van der Waals surface area contributed by atoms with E-state index >= 15 is 0 Å². The molecule has 1 aliphatic rings. The first-order chi connectivity index (χ1) is 8.92. The minimum Gasteiger partial charge on any atom is -0.381 e. The first-order valence-corrected chi connectivity index (χ1v) is 7.83. The summed E-state index contributed by atoms with van der Waals surface area (Å²) < 4.78 is 24.2. The second kappa shape index (κ2) is 5.77. The number of hydrogen-bond donors (Lipinski definition) is 3. The molecule has 1 heterocycles. The summed E-state index contributed by atoms with van der Waals surface area (Å²) in [5.41, 5.74) is 1.37. The molecule has 0 bridgehead atoms. The molecule has 1 unspecified atom stereocenters. The minimum atomic E-state index is -3.72. The first-order valence-electron chi connectivity index (χ1n) is 6.28. The van der Waals surface area contributed by atoms with Crippen molar-refractivity contribution in [3.05, 3.63) is 24.3 Å². The van der Waals surface area contributed by atoms with Gasteiger partial charge in [-0.25, -0.2) is 5.14 Å². The standard InChI is InChI=1S/C12H20N4O2S/c1-16-7-3-6-12(9-16)14-10-4-2-5-11(8-10)15-19(13,17)18/h2,4-5,8,12,14-15H,3,6-7,9H2,1H3,(H2,13,17,18). The summed E-state index contributed by atoms with van der Waals surface area (Å²) in [5.74, 6) is 0. The highest BCUT2D eigenvalue weighted by Gasteiger charge is 2.16. The van der Waals surface area contributed by atoms with Crippen molar-refractivity contribution in [2.45, 2.75) is 18.9 Å². The second-order valence-corrected chi connectivity index (χ2v) is 6.27. The molecule has 4 N–H and O–H groups in total. The number of anilines is 2. The summed E-state index contributed by atoms with van der Waals surface area (Å²) in [6.07, 6.45) is 2.29. The van der Waals surface area contributed by atoms with Gasteiger partial charge in [0.25, 0.3) is 10.2 Å². The lowest BCUT2D eigenvalue weighted by molar-refractivity contribution is 0.261. The van der Waals surface area contributed by atoms with Gasteiger partial charge in [-0.1, -0.05) is 6.07 Å². The molecule has 7 heteroatoms. The number of nitrogens with two attached hydrogens (primary N) is 1. The van der Waals surface area contributed by atoms with E-state index in [1.807, 2.05) is 6.07 Å². The SMILES string of the molecule is CN1CCCC(Nc2cccc(NS(N)(=O)=O)c2)C1. The van der Waals surface area contributed by atoms with Crippen LogP contribution >= 0.6 is 0 Å². The zero-order chi connectivity index (χ0) is 13.9. The molecule has 1 saturated heterocycles. The maximum absolute atomic E-state index is 11.0. The van der Waals surface area contributed by atoms with Gasteiger partial charge in [0, 0.05) is 18.3 Å². The molecule has 1 fully saturated rings. The Hall–Kier alpha value is -1.31. The molecule has 0 radical (unpaired) electrons. The van der Waals surface area contributed by atoms with Crippen molar-refractivity contribution in [1.29, 1.82) is 0 Å². The lowest BCUT2D eigenvalue weighted by Gasteiger charge is -2.31. The normalized spacial score (nSPS) is 21.1. The predicted octanol–water partition coefficient (Wildman–Crippen LogP) is 0.808. The van der Waals surface area contributed by atoms with Crippen molar-refractivity contribution in [2.24, 2.45) is 5.14 Å². The molecule has 6 nitrogen and oxygen atoms in total. The smallest absolute Gasteiger partial charge is 0.296 e. The summed E-state index contributed by atoms with van der Waals surface area (Å²) in [6.45, 7) is 2.12. The lowest BCUT2D eigenvalue weighted by atomic mass is 10.1. The van der Waals surface area contributed by atoms with E-state index in [4.69, 9.17) is 5.14 Å². The summed E-state index contributed by atoms with van der Waals surface area (Å²) in [6, 6.07) is 7.52. The van der Waals surface area contributed by atoms with E-state index in [9.17, 15) is 8.42 Å². The third kappa shape index (κ3) is 4.70. The van der Waals surface area contributed by atoms with Crippen molar-refractivity contribution in [3.63, 3.8) is 0 Å². The number of rotatable bonds is 4. The van der Waals surface area contributed by atoms with E-state index in [-0.39, 0.29) is 0 Å². The van der Waals surface area contributed by atoms with Gasteiger partial charge < -0.3 is 10.2 Å². The van der Waals surface area contributed by atoms with E-state index in [1.165, 1.54) is 6.42 Å². The second-order valence-electron chi connectivity index (χ2n) is 4.97. The number of benzene rings is 1. The average molecular weight is 284 g/mol. The Bertz CT molecular complexity index is 532. The highest BCUT2D eigenvalue weighted by atomic mass is 32.2. The monoisotopic (exact) mass is 284 g/mol. The number of nitrogens with one attached hydrogen (secondary N) is 2. The third-order valence-electron chi connectivity index (χ3n) is 3.12. The van der Waals surface area contributed by atoms with Gasteiger partial charge in [-0.05, 0) is 44.6 Å². The number of hydrogen-bond acceptors (Lipinski definition) is 4. The van der Waals surface area contributed by atoms with Gasteiger partial charge in [-0.15, -0.1) is 0 Å². The molecule has 0 saturated carbocycles. The summed E-state index contributed by atoms with van der Waals surface area (Å²) in [7, 11) is -1.62. The van der Waals surface area contributed by atoms with E-state index < -0.39 is 10.2 Å². The molecule has 0 aromatic heterocycles. The van der Waals surface area contributed by atoms with Gasteiger partial charge in [0.05, 0.1) is 5.69 Å². The Morgan fingerprint density at radius 2 is 2.11 bits per heavy atom. The van der Waals surface area contributed by atoms with Crippen LogP contribution in [0.5, 0.6) is 0 Å². The maximum Gasteiger partial charge on any atom is 0.296 e. The van der Waals surface area contributed by atoms with Crippen LogP contribution in [-0.2, 0) is 10.2 Å². The Kier molecular flexibility index (Phi) is 4.28. The van der Waals surface area contributed by atoms with Gasteiger partial charge >= 0.3 is 0 Å². The van der Waals surface area contributed by atoms with Crippen LogP contribution in [-0.4, -0.2) is 39.5 Å². The van der Waals surface area contributed by atoms with E-state index in [1.54, 1.807) is 18.2 Å². The van der Waals surface area contributed by atoms with Crippen molar-refractivity contribution in [2.75, 3.05) is 30.2 Å². The van der Waals surface area contributed by atoms with E-state index in [0.29, 0.717) is 11.7 Å². The van der Waals surface area contributed by atoms with Crippen LogP contribution < -0.4 is 15.2 Å². The van der Waals surface area contributed by atoms with Crippen LogP contribution in [0, 0.1) is 0 Å². The number of nitrogens with zero attached hydrogens (tertiary/aromatic N) is 1. The fourth-order valence-electron chi connectivity index (χ4n) is 2.36. The van der Waals surface area contributed by atoms with Crippen LogP contribution in [0.2, 0.25) is 0 Å². The largest absolute Gasteiger partial charge is 0.381 e. The molecule has 1 atom stereocenters. The van der Waals surface area contributed by atoms with Crippen molar-refractivity contribution >= 4 is 21.6 Å². The number of likely N-dealkylation sites (N-methyl/N-ethyl adjacent to an activating group) is 1. The fourth-order valence-corrected chi connectivity index (χ4v) is 2.81. The Morgan fingerprint density at radius 1 is 1.37 bits per heavy atom. The van der Waals surface area contributed by atoms with Gasteiger partial charge in [-0.3, -0.25) is 4.72 Å². The molecular weight excluding hydrogens is 264 g/mol. The summed E-state index contributed by atoms with van der Waals surface area (Å²) >= 11 is 0. The Morgan fingerprint density at radius 3 is 2.79 bits per heavy atom. The predicted molar refractivity (Wildman–Crippen MR) is 77.3 cm³/mol. The van der Waals surface area contributed by atoms with Crippen molar-refractivity contribution < 1.29 is 8.42 Å². The highest BCUT2D eigenvalue weighted by Crippen LogP contribution is 2.19. The van der Waals surface area contributed by atoms with Crippen molar-refractivity contribution in [1.82, 2.24) is 4.90 Å². The zero-order valence-electron chi connectivity index (χ0n) is 11.0. The van der Waals surface area contributed by atoms with Gasteiger partial charge in [-0.2, -0.15) is 8.42 Å². The molecule has 0 amide bonds. The average Bonchev–Trinajstić information content (AvgIpc) is 2.27. The molecule has 0 aliphatic carbocycles. The van der Waals surface area contributed by atoms with E-state index in [2.05, 4.69) is 22.0 Å². The van der Waals surface area contributed by atoms with Crippen LogP contribution in [0.4, 0.5) is 11.4 Å². The zero-order valence-corrected chi connectivity index (χ0v) is 11.8. The first kappa shape index (κ1) is 14.1. The maximum atomic E-state index is 11.0. The van der Waals surface area contributed by atoms with Gasteiger partial charge in [0.15, 0.2) is 0 Å².